The number of alkyl halides is 3. The molecule has 0 unspecified atom stereocenters. The number of aromatic nitrogens is 2. The second kappa shape index (κ2) is 11.3. The molecule has 0 spiro atoms. The van der Waals surface area contributed by atoms with Crippen molar-refractivity contribution in [1.29, 1.82) is 0 Å². The van der Waals surface area contributed by atoms with Crippen LogP contribution in [0.5, 0.6) is 0 Å². The van der Waals surface area contributed by atoms with E-state index in [9.17, 15) is 27.2 Å². The molecule has 2 aromatic carbocycles. The Bertz CT molecular complexity index is 1590. The van der Waals surface area contributed by atoms with Crippen molar-refractivity contribution in [2.75, 3.05) is 37.5 Å². The molecule has 3 atom stereocenters. The van der Waals surface area contributed by atoms with Crippen molar-refractivity contribution in [3.63, 3.8) is 0 Å². The molecule has 5 rings (SSSR count). The second-order valence-corrected chi connectivity index (χ2v) is 13.1. The van der Waals surface area contributed by atoms with Gasteiger partial charge in [-0.3, -0.25) is 9.47 Å². The number of piperazine rings is 1. The number of carbonyl (C=O) groups excluding carboxylic acids is 1. The van der Waals surface area contributed by atoms with Gasteiger partial charge < -0.3 is 14.4 Å². The highest BCUT2D eigenvalue weighted by Crippen LogP contribution is 2.50. The van der Waals surface area contributed by atoms with Crippen molar-refractivity contribution >= 4 is 34.6 Å². The minimum atomic E-state index is -4.76. The Morgan fingerprint density at radius 1 is 1.09 bits per heavy atom. The molecule has 1 amide bonds. The van der Waals surface area contributed by atoms with Crippen molar-refractivity contribution in [2.24, 2.45) is 0 Å². The van der Waals surface area contributed by atoms with Gasteiger partial charge in [0.1, 0.15) is 17.2 Å². The average Bonchev–Trinajstić information content (AvgIpc) is 2.89. The van der Waals surface area contributed by atoms with E-state index in [2.05, 4.69) is 4.98 Å². The lowest BCUT2D eigenvalue weighted by Gasteiger charge is -2.45. The van der Waals surface area contributed by atoms with E-state index in [-0.39, 0.29) is 64.8 Å². The summed E-state index contributed by atoms with van der Waals surface area (Å²) < 4.78 is 70.4. The Balaban J connectivity index is 1.73. The number of methoxy groups -OCH3 is 1. The zero-order valence-electron chi connectivity index (χ0n) is 24.8. The topological polar surface area (TPSA) is 76.9 Å². The van der Waals surface area contributed by atoms with E-state index >= 15 is 0 Å². The van der Waals surface area contributed by atoms with Crippen molar-refractivity contribution < 1.29 is 31.8 Å². The number of hydrogen-bond donors (Lipinski definition) is 0. The van der Waals surface area contributed by atoms with Gasteiger partial charge in [0.25, 0.3) is 0 Å². The molecule has 1 aromatic heterocycles. The number of amides is 1. The number of anilines is 1. The summed E-state index contributed by atoms with van der Waals surface area (Å²) in [7, 11) is 1.49. The summed E-state index contributed by atoms with van der Waals surface area (Å²) >= 11 is 1.21. The van der Waals surface area contributed by atoms with Crippen LogP contribution >= 0.6 is 11.8 Å². The van der Waals surface area contributed by atoms with Crippen LogP contribution in [0.2, 0.25) is 0 Å². The molecule has 0 N–H and O–H groups in total. The van der Waals surface area contributed by atoms with E-state index in [1.165, 1.54) is 35.6 Å². The molecule has 2 aliphatic heterocycles. The number of rotatable bonds is 4. The first-order chi connectivity index (χ1) is 20.1. The third-order valence-corrected chi connectivity index (χ3v) is 8.79. The van der Waals surface area contributed by atoms with Gasteiger partial charge in [0.05, 0.1) is 35.8 Å². The Morgan fingerprint density at radius 2 is 1.72 bits per heavy atom. The van der Waals surface area contributed by atoms with E-state index in [1.807, 2.05) is 13.8 Å². The van der Waals surface area contributed by atoms with E-state index < -0.39 is 41.0 Å². The van der Waals surface area contributed by atoms with Crippen LogP contribution in [0.15, 0.2) is 40.0 Å². The van der Waals surface area contributed by atoms with Gasteiger partial charge in [-0.2, -0.15) is 18.2 Å². The molecule has 3 aromatic rings. The maximum absolute atomic E-state index is 14.8. The van der Waals surface area contributed by atoms with Gasteiger partial charge in [0.15, 0.2) is 0 Å². The van der Waals surface area contributed by atoms with Crippen molar-refractivity contribution in [1.82, 2.24) is 14.5 Å². The van der Waals surface area contributed by atoms with E-state index in [4.69, 9.17) is 9.47 Å². The van der Waals surface area contributed by atoms with Crippen molar-refractivity contribution in [3.8, 4) is 11.1 Å². The largest absolute Gasteiger partial charge is 0.444 e. The summed E-state index contributed by atoms with van der Waals surface area (Å²) in [4.78, 5) is 34.7. The molecule has 1 saturated heterocycles. The van der Waals surface area contributed by atoms with E-state index in [0.717, 1.165) is 18.2 Å². The molecule has 0 radical (unpaired) electrons. The number of ether oxygens (including phenoxy) is 2. The summed E-state index contributed by atoms with van der Waals surface area (Å²) in [5.41, 5.74) is -1.80. The number of carbonyl (C=O) groups is 1. The standard InChI is InChI=1S/C30H34F4N4O4S/c1-16-12-36(13-17(2)37(16)28(40)42-29(3,4)5)26-21-11-22(30(32,33)34)23(18-7-9-19(31)10-8-18)25-24(21)38(27(39)35-26)20(14-41-6)15-43-25/h7-11,16-17,20H,12-15H2,1-6H3/t16-,17+,20-/m0/s1. The van der Waals surface area contributed by atoms with Crippen LogP contribution in [-0.4, -0.2) is 70.8 Å². The summed E-state index contributed by atoms with van der Waals surface area (Å²) in [6.07, 6.45) is -5.24. The highest BCUT2D eigenvalue weighted by atomic mass is 32.2. The Kier molecular flexibility index (Phi) is 8.18. The average molecular weight is 623 g/mol. The zero-order valence-corrected chi connectivity index (χ0v) is 25.6. The molecule has 1 fully saturated rings. The molecule has 0 aliphatic carbocycles. The van der Waals surface area contributed by atoms with Crippen LogP contribution in [-0.2, 0) is 15.7 Å². The predicted molar refractivity (Wildman–Crippen MR) is 157 cm³/mol. The van der Waals surface area contributed by atoms with Crippen LogP contribution in [0.25, 0.3) is 22.0 Å². The molecule has 43 heavy (non-hydrogen) atoms. The smallest absolute Gasteiger partial charge is 0.417 e. The highest BCUT2D eigenvalue weighted by Gasteiger charge is 2.41. The molecule has 8 nitrogen and oxygen atoms in total. The normalized spacial score (nSPS) is 20.9. The Hall–Kier alpha value is -3.32. The minimum Gasteiger partial charge on any atom is -0.444 e. The van der Waals surface area contributed by atoms with Crippen LogP contribution in [0.3, 0.4) is 0 Å². The fourth-order valence-corrected chi connectivity index (χ4v) is 7.27. The number of hydrogen-bond acceptors (Lipinski definition) is 7. The zero-order chi connectivity index (χ0) is 31.4. The van der Waals surface area contributed by atoms with Gasteiger partial charge in [-0.15, -0.1) is 11.8 Å². The lowest BCUT2D eigenvalue weighted by molar-refractivity contribution is -0.137. The van der Waals surface area contributed by atoms with E-state index in [0.29, 0.717) is 5.52 Å². The molecule has 3 heterocycles. The van der Waals surface area contributed by atoms with Gasteiger partial charge in [-0.1, -0.05) is 12.1 Å². The molecular formula is C30H34F4N4O4S. The maximum Gasteiger partial charge on any atom is 0.417 e. The monoisotopic (exact) mass is 622 g/mol. The number of halogens is 4. The second-order valence-electron chi connectivity index (χ2n) is 12.0. The first-order valence-electron chi connectivity index (χ1n) is 13.9. The number of nitrogens with zero attached hydrogens (tertiary/aromatic N) is 4. The lowest BCUT2D eigenvalue weighted by atomic mass is 9.95. The summed E-state index contributed by atoms with van der Waals surface area (Å²) in [5, 5.41) is 0.172. The fraction of sp³-hybridized carbons (Fsp3) is 0.500. The van der Waals surface area contributed by atoms with Crippen LogP contribution in [0, 0.1) is 5.82 Å². The molecule has 0 saturated carbocycles. The van der Waals surface area contributed by atoms with Crippen molar-refractivity contribution in [3.05, 3.63) is 52.2 Å². The fourth-order valence-electron chi connectivity index (χ4n) is 5.94. The lowest BCUT2D eigenvalue weighted by Crippen LogP contribution is -2.60. The van der Waals surface area contributed by atoms with Gasteiger partial charge in [-0.05, 0) is 58.4 Å². The number of thioether (sulfide) groups is 1. The van der Waals surface area contributed by atoms with Gasteiger partial charge >= 0.3 is 18.0 Å². The third-order valence-electron chi connectivity index (χ3n) is 7.55. The first-order valence-corrected chi connectivity index (χ1v) is 14.9. The SMILES string of the molecule is COC[C@H]1CSc2c(-c3ccc(F)cc3)c(C(F)(F)F)cc3c(N4C[C@@H](C)N(C(=O)OC(C)(C)C)[C@@H](C)C4)nc(=O)n1c23. The van der Waals surface area contributed by atoms with E-state index in [1.54, 1.807) is 30.6 Å². The van der Waals surface area contributed by atoms with Crippen molar-refractivity contribution in [2.45, 2.75) is 69.4 Å². The third kappa shape index (κ3) is 5.93. The molecular weight excluding hydrogens is 588 g/mol. The summed E-state index contributed by atoms with van der Waals surface area (Å²) in [5.74, 6) is -0.166. The summed E-state index contributed by atoms with van der Waals surface area (Å²) in [6, 6.07) is 4.67. The van der Waals surface area contributed by atoms with Crippen LogP contribution in [0.4, 0.5) is 28.2 Å². The van der Waals surface area contributed by atoms with Crippen LogP contribution in [0.1, 0.15) is 46.2 Å². The first kappa shape index (κ1) is 31.1. The maximum atomic E-state index is 14.8. The number of benzene rings is 2. The van der Waals surface area contributed by atoms with Gasteiger partial charge in [0.2, 0.25) is 0 Å². The quantitative estimate of drug-likeness (QED) is 0.314. The van der Waals surface area contributed by atoms with Gasteiger partial charge in [-0.25, -0.2) is 14.0 Å². The molecule has 2 aliphatic rings. The Labute approximate surface area is 251 Å². The minimum absolute atomic E-state index is 0.109. The molecule has 232 valence electrons. The van der Waals surface area contributed by atoms with Crippen LogP contribution < -0.4 is 10.6 Å². The highest BCUT2D eigenvalue weighted by molar-refractivity contribution is 7.99. The molecule has 0 bridgehead atoms. The van der Waals surface area contributed by atoms with Gasteiger partial charge in [0, 0.05) is 41.8 Å². The molecule has 13 heteroatoms. The Morgan fingerprint density at radius 3 is 2.28 bits per heavy atom. The summed E-state index contributed by atoms with van der Waals surface area (Å²) in [6.45, 7) is 9.58. The predicted octanol–water partition coefficient (Wildman–Crippen LogP) is 6.35.